The van der Waals surface area contributed by atoms with E-state index in [1.165, 1.54) is 16.7 Å². The van der Waals surface area contributed by atoms with E-state index in [0.717, 1.165) is 16.3 Å². The number of nitrogens with one attached hydrogen (secondary N) is 2. The quantitative estimate of drug-likeness (QED) is 0.659. The standard InChI is InChI=1S/C20H25ClN2S/c1-12(2)19(17-9-6-13(3)10-15(17)5)23-20(24)22-16-8-7-14(4)18(21)11-16/h6-12,19H,1-5H3,(H2,22,23,24)/t19-/m1/s1. The van der Waals surface area contributed by atoms with E-state index in [-0.39, 0.29) is 6.04 Å². The molecular formula is C20H25ClN2S. The number of hydrogen-bond acceptors (Lipinski definition) is 1. The third-order valence-corrected chi connectivity index (χ3v) is 4.77. The van der Waals surface area contributed by atoms with E-state index >= 15 is 0 Å². The Morgan fingerprint density at radius 3 is 2.29 bits per heavy atom. The Balaban J connectivity index is 2.15. The van der Waals surface area contributed by atoms with Crippen LogP contribution < -0.4 is 10.6 Å². The van der Waals surface area contributed by atoms with Gasteiger partial charge in [0.2, 0.25) is 0 Å². The van der Waals surface area contributed by atoms with Gasteiger partial charge >= 0.3 is 0 Å². The molecule has 128 valence electrons. The normalized spacial score (nSPS) is 12.1. The second-order valence-corrected chi connectivity index (χ2v) is 7.46. The van der Waals surface area contributed by atoms with Crippen LogP contribution in [0.2, 0.25) is 5.02 Å². The second-order valence-electron chi connectivity index (χ2n) is 6.64. The molecule has 2 aromatic rings. The molecule has 2 aromatic carbocycles. The highest BCUT2D eigenvalue weighted by Gasteiger charge is 2.18. The van der Waals surface area contributed by atoms with Crippen LogP contribution in [0.4, 0.5) is 5.69 Å². The van der Waals surface area contributed by atoms with Crippen molar-refractivity contribution in [3.8, 4) is 0 Å². The molecule has 0 fully saturated rings. The average Bonchev–Trinajstić information content (AvgIpc) is 2.49. The number of hydrogen-bond donors (Lipinski definition) is 2. The van der Waals surface area contributed by atoms with Crippen molar-refractivity contribution < 1.29 is 0 Å². The van der Waals surface area contributed by atoms with Crippen LogP contribution in [0.25, 0.3) is 0 Å². The average molecular weight is 361 g/mol. The molecule has 0 saturated heterocycles. The lowest BCUT2D eigenvalue weighted by atomic mass is 9.92. The summed E-state index contributed by atoms with van der Waals surface area (Å²) in [6.45, 7) is 10.6. The van der Waals surface area contributed by atoms with Crippen LogP contribution in [0.3, 0.4) is 0 Å². The van der Waals surface area contributed by atoms with E-state index in [2.05, 4.69) is 56.5 Å². The lowest BCUT2D eigenvalue weighted by Gasteiger charge is -2.26. The Morgan fingerprint density at radius 2 is 1.71 bits per heavy atom. The fourth-order valence-corrected chi connectivity index (χ4v) is 3.18. The molecule has 4 heteroatoms. The van der Waals surface area contributed by atoms with E-state index in [1.807, 2.05) is 25.1 Å². The zero-order chi connectivity index (χ0) is 17.9. The van der Waals surface area contributed by atoms with Crippen molar-refractivity contribution in [1.82, 2.24) is 5.32 Å². The van der Waals surface area contributed by atoms with Crippen LogP contribution >= 0.6 is 23.8 Å². The van der Waals surface area contributed by atoms with Crippen molar-refractivity contribution >= 4 is 34.6 Å². The van der Waals surface area contributed by atoms with Gasteiger partial charge in [-0.3, -0.25) is 0 Å². The number of thiocarbonyl (C=S) groups is 1. The zero-order valence-corrected chi connectivity index (χ0v) is 16.5. The minimum absolute atomic E-state index is 0.159. The van der Waals surface area contributed by atoms with Gasteiger partial charge in [0.25, 0.3) is 0 Å². The molecule has 0 aliphatic heterocycles. The number of aryl methyl sites for hydroxylation is 3. The Bertz CT molecular complexity index is 740. The Kier molecular flexibility index (Phi) is 6.25. The van der Waals surface area contributed by atoms with Crippen LogP contribution in [0.15, 0.2) is 36.4 Å². The molecule has 24 heavy (non-hydrogen) atoms. The molecule has 0 aromatic heterocycles. The summed E-state index contributed by atoms with van der Waals surface area (Å²) in [7, 11) is 0. The Labute approximate surface area is 155 Å². The molecule has 0 bridgehead atoms. The molecule has 2 nitrogen and oxygen atoms in total. The minimum atomic E-state index is 0.159. The zero-order valence-electron chi connectivity index (χ0n) is 14.9. The molecule has 0 radical (unpaired) electrons. The Hall–Kier alpha value is -1.58. The van der Waals surface area contributed by atoms with Crippen LogP contribution in [0.1, 0.15) is 42.1 Å². The van der Waals surface area contributed by atoms with Crippen molar-refractivity contribution in [3.05, 3.63) is 63.7 Å². The van der Waals surface area contributed by atoms with Crippen LogP contribution in [-0.4, -0.2) is 5.11 Å². The fourth-order valence-electron chi connectivity index (χ4n) is 2.76. The molecule has 0 aliphatic carbocycles. The molecule has 0 saturated carbocycles. The lowest BCUT2D eigenvalue weighted by molar-refractivity contribution is 0.471. The van der Waals surface area contributed by atoms with Gasteiger partial charge in [-0.25, -0.2) is 0 Å². The summed E-state index contributed by atoms with van der Waals surface area (Å²) >= 11 is 11.7. The fraction of sp³-hybridized carbons (Fsp3) is 0.350. The number of benzene rings is 2. The molecular weight excluding hydrogens is 336 g/mol. The summed E-state index contributed by atoms with van der Waals surface area (Å²) in [6, 6.07) is 12.6. The number of rotatable bonds is 4. The summed E-state index contributed by atoms with van der Waals surface area (Å²) < 4.78 is 0. The third-order valence-electron chi connectivity index (χ3n) is 4.14. The van der Waals surface area contributed by atoms with Crippen molar-refractivity contribution in [1.29, 1.82) is 0 Å². The monoisotopic (exact) mass is 360 g/mol. The highest BCUT2D eigenvalue weighted by Crippen LogP contribution is 2.26. The van der Waals surface area contributed by atoms with E-state index in [0.29, 0.717) is 11.0 Å². The van der Waals surface area contributed by atoms with E-state index < -0.39 is 0 Å². The van der Waals surface area contributed by atoms with Gasteiger partial charge in [0, 0.05) is 10.7 Å². The van der Waals surface area contributed by atoms with Gasteiger partial charge in [-0.1, -0.05) is 55.3 Å². The van der Waals surface area contributed by atoms with Crippen molar-refractivity contribution in [2.24, 2.45) is 5.92 Å². The maximum atomic E-state index is 6.18. The molecule has 0 heterocycles. The second kappa shape index (κ2) is 8.00. The molecule has 0 amide bonds. The molecule has 2 rings (SSSR count). The lowest BCUT2D eigenvalue weighted by Crippen LogP contribution is -2.35. The van der Waals surface area contributed by atoms with Crippen molar-refractivity contribution in [2.45, 2.75) is 40.7 Å². The van der Waals surface area contributed by atoms with Crippen molar-refractivity contribution in [3.63, 3.8) is 0 Å². The summed E-state index contributed by atoms with van der Waals surface area (Å²) in [5, 5.41) is 8.02. The van der Waals surface area contributed by atoms with Gasteiger partial charge in [0.1, 0.15) is 0 Å². The van der Waals surface area contributed by atoms with Gasteiger partial charge in [-0.2, -0.15) is 0 Å². The molecule has 1 atom stereocenters. The molecule has 0 spiro atoms. The number of anilines is 1. The van der Waals surface area contributed by atoms with Gasteiger partial charge in [0.15, 0.2) is 5.11 Å². The third kappa shape index (κ3) is 4.71. The topological polar surface area (TPSA) is 24.1 Å². The van der Waals surface area contributed by atoms with E-state index in [9.17, 15) is 0 Å². The van der Waals surface area contributed by atoms with Gasteiger partial charge in [-0.15, -0.1) is 0 Å². The SMILES string of the molecule is Cc1ccc([C@H](NC(=S)Nc2ccc(C)c(Cl)c2)C(C)C)c(C)c1. The first-order valence-corrected chi connectivity index (χ1v) is 8.97. The summed E-state index contributed by atoms with van der Waals surface area (Å²) in [5.41, 5.74) is 5.78. The van der Waals surface area contributed by atoms with E-state index in [1.54, 1.807) is 0 Å². The predicted molar refractivity (Wildman–Crippen MR) is 109 cm³/mol. The van der Waals surface area contributed by atoms with Gasteiger partial charge in [-0.05, 0) is 67.7 Å². The highest BCUT2D eigenvalue weighted by atomic mass is 35.5. The number of halogens is 1. The van der Waals surface area contributed by atoms with Crippen LogP contribution in [0.5, 0.6) is 0 Å². The van der Waals surface area contributed by atoms with Crippen molar-refractivity contribution in [2.75, 3.05) is 5.32 Å². The molecule has 0 aliphatic rings. The summed E-state index contributed by atoms with van der Waals surface area (Å²) in [6.07, 6.45) is 0. The molecule has 2 N–H and O–H groups in total. The van der Waals surface area contributed by atoms with E-state index in [4.69, 9.17) is 23.8 Å². The van der Waals surface area contributed by atoms with Gasteiger partial charge < -0.3 is 10.6 Å². The maximum absolute atomic E-state index is 6.18. The predicted octanol–water partition coefficient (Wildman–Crippen LogP) is 5.95. The van der Waals surface area contributed by atoms with Gasteiger partial charge in [0.05, 0.1) is 6.04 Å². The summed E-state index contributed by atoms with van der Waals surface area (Å²) in [4.78, 5) is 0. The Morgan fingerprint density at radius 1 is 1.00 bits per heavy atom. The maximum Gasteiger partial charge on any atom is 0.171 e. The van der Waals surface area contributed by atoms with Crippen LogP contribution in [-0.2, 0) is 0 Å². The van der Waals surface area contributed by atoms with Crippen LogP contribution in [0, 0.1) is 26.7 Å². The smallest absolute Gasteiger partial charge is 0.171 e. The largest absolute Gasteiger partial charge is 0.355 e. The summed E-state index contributed by atoms with van der Waals surface area (Å²) in [5.74, 6) is 0.410. The highest BCUT2D eigenvalue weighted by molar-refractivity contribution is 7.80. The first kappa shape index (κ1) is 18.8. The minimum Gasteiger partial charge on any atom is -0.355 e. The molecule has 0 unspecified atom stereocenters. The first-order chi connectivity index (χ1) is 11.3. The first-order valence-electron chi connectivity index (χ1n) is 8.18.